The van der Waals surface area contributed by atoms with Crippen LogP contribution in [0.4, 0.5) is 0 Å². The summed E-state index contributed by atoms with van der Waals surface area (Å²) in [7, 11) is 0. The van der Waals surface area contributed by atoms with E-state index in [0.717, 1.165) is 32.1 Å². The minimum absolute atomic E-state index is 0.0387. The van der Waals surface area contributed by atoms with E-state index in [1.807, 2.05) is 6.92 Å². The Bertz CT molecular complexity index is 1030. The van der Waals surface area contributed by atoms with Gasteiger partial charge in [0.2, 0.25) is 0 Å². The fourth-order valence-electron chi connectivity index (χ4n) is 11.4. The molecule has 36 heavy (non-hydrogen) atoms. The van der Waals surface area contributed by atoms with Gasteiger partial charge in [0.15, 0.2) is 5.79 Å². The third-order valence-corrected chi connectivity index (χ3v) is 13.9. The van der Waals surface area contributed by atoms with E-state index < -0.39 is 34.3 Å². The molecular formula is C30H46O6. The summed E-state index contributed by atoms with van der Waals surface area (Å²) in [6.07, 6.45) is 7.46. The summed E-state index contributed by atoms with van der Waals surface area (Å²) in [5.74, 6) is -2.09. The van der Waals surface area contributed by atoms with Crippen LogP contribution < -0.4 is 0 Å². The molecule has 2 heterocycles. The van der Waals surface area contributed by atoms with Gasteiger partial charge in [-0.3, -0.25) is 4.79 Å². The van der Waals surface area contributed by atoms with Crippen LogP contribution in [0.3, 0.4) is 0 Å². The van der Waals surface area contributed by atoms with Crippen molar-refractivity contribution in [2.45, 2.75) is 110 Å². The number of hydrogen-bond donors (Lipinski definition) is 4. The molecule has 6 fully saturated rings. The van der Waals surface area contributed by atoms with Crippen molar-refractivity contribution in [1.29, 1.82) is 0 Å². The topological polar surface area (TPSA) is 107 Å². The quantitative estimate of drug-likeness (QED) is 0.393. The summed E-state index contributed by atoms with van der Waals surface area (Å²) in [6, 6.07) is 0. The van der Waals surface area contributed by atoms with Crippen molar-refractivity contribution in [3.05, 3.63) is 11.6 Å². The lowest BCUT2D eigenvalue weighted by Gasteiger charge is -2.75. The minimum Gasteiger partial charge on any atom is -0.481 e. The number of hydrogen-bond acceptors (Lipinski definition) is 5. The first-order chi connectivity index (χ1) is 16.5. The molecule has 6 nitrogen and oxygen atoms in total. The monoisotopic (exact) mass is 502 g/mol. The van der Waals surface area contributed by atoms with Crippen molar-refractivity contribution in [3.63, 3.8) is 0 Å². The van der Waals surface area contributed by atoms with Gasteiger partial charge < -0.3 is 25.2 Å². The van der Waals surface area contributed by atoms with Gasteiger partial charge in [-0.25, -0.2) is 0 Å². The largest absolute Gasteiger partial charge is 0.481 e. The molecule has 2 aliphatic heterocycles. The number of aliphatic hydroxyl groups is 3. The summed E-state index contributed by atoms with van der Waals surface area (Å²) < 4.78 is 6.16. The van der Waals surface area contributed by atoms with Crippen LogP contribution in [-0.2, 0) is 9.53 Å². The second-order valence-electron chi connectivity index (χ2n) is 15.0. The first kappa shape index (κ1) is 25.3. The van der Waals surface area contributed by atoms with Crippen LogP contribution in [0.5, 0.6) is 0 Å². The second-order valence-corrected chi connectivity index (χ2v) is 15.0. The number of carboxylic acid groups (broad SMARTS) is 1. The second kappa shape index (κ2) is 6.97. The first-order valence-electron chi connectivity index (χ1n) is 14.3. The number of rotatable bonds is 1. The first-order valence-corrected chi connectivity index (χ1v) is 14.3. The van der Waals surface area contributed by atoms with E-state index in [2.05, 4.69) is 40.7 Å². The van der Waals surface area contributed by atoms with E-state index >= 15 is 0 Å². The van der Waals surface area contributed by atoms with Crippen molar-refractivity contribution in [3.8, 4) is 0 Å². The Balaban J connectivity index is 1.50. The molecule has 4 N–H and O–H groups in total. The fraction of sp³-hybridized carbons (Fsp3) is 0.900. The number of aliphatic carboxylic acids is 1. The van der Waals surface area contributed by atoms with Crippen molar-refractivity contribution in [2.24, 2.45) is 50.7 Å². The highest BCUT2D eigenvalue weighted by atomic mass is 16.6. The summed E-state index contributed by atoms with van der Waals surface area (Å²) >= 11 is 0. The lowest BCUT2D eigenvalue weighted by molar-refractivity contribution is -0.426. The van der Waals surface area contributed by atoms with Crippen LogP contribution in [0, 0.1) is 50.7 Å². The molecular weight excluding hydrogens is 456 g/mol. The van der Waals surface area contributed by atoms with E-state index in [1.165, 1.54) is 5.57 Å². The summed E-state index contributed by atoms with van der Waals surface area (Å²) in [5.41, 5.74) is -1.94. The Morgan fingerprint density at radius 1 is 1.00 bits per heavy atom. The molecule has 0 amide bonds. The van der Waals surface area contributed by atoms with Gasteiger partial charge in [0.05, 0.1) is 17.6 Å². The molecule has 7 rings (SSSR count). The van der Waals surface area contributed by atoms with Gasteiger partial charge in [0.25, 0.3) is 0 Å². The Hall–Kier alpha value is -0.950. The zero-order valence-electron chi connectivity index (χ0n) is 22.9. The maximum atomic E-state index is 12.9. The molecule has 11 atom stereocenters. The van der Waals surface area contributed by atoms with Crippen LogP contribution in [0.1, 0.15) is 92.9 Å². The summed E-state index contributed by atoms with van der Waals surface area (Å²) in [6.45, 7) is 13.3. The Morgan fingerprint density at radius 2 is 1.69 bits per heavy atom. The van der Waals surface area contributed by atoms with Gasteiger partial charge >= 0.3 is 5.97 Å². The van der Waals surface area contributed by atoms with Gasteiger partial charge in [0.1, 0.15) is 6.10 Å². The molecule has 0 aromatic heterocycles. The highest BCUT2D eigenvalue weighted by molar-refractivity contribution is 5.77. The third-order valence-electron chi connectivity index (χ3n) is 13.9. The minimum atomic E-state index is -1.50. The van der Waals surface area contributed by atoms with Gasteiger partial charge in [-0.2, -0.15) is 0 Å². The van der Waals surface area contributed by atoms with Crippen LogP contribution >= 0.6 is 0 Å². The molecule has 202 valence electrons. The summed E-state index contributed by atoms with van der Waals surface area (Å²) in [5, 5.41) is 45.0. The van der Waals surface area contributed by atoms with Gasteiger partial charge in [-0.05, 0) is 86.9 Å². The maximum absolute atomic E-state index is 12.9. The van der Waals surface area contributed by atoms with Crippen molar-refractivity contribution in [2.75, 3.05) is 6.61 Å². The smallest absolute Gasteiger partial charge is 0.310 e. The fourth-order valence-corrected chi connectivity index (χ4v) is 11.4. The van der Waals surface area contributed by atoms with E-state index in [0.29, 0.717) is 25.9 Å². The lowest BCUT2D eigenvalue weighted by Crippen LogP contribution is -2.77. The molecule has 2 bridgehead atoms. The molecule has 1 spiro atoms. The van der Waals surface area contributed by atoms with E-state index in [9.17, 15) is 25.2 Å². The molecule has 5 aliphatic carbocycles. The highest BCUT2D eigenvalue weighted by Crippen LogP contribution is 2.78. The van der Waals surface area contributed by atoms with Crippen molar-refractivity contribution < 1.29 is 30.0 Å². The molecule has 2 saturated heterocycles. The number of allylic oxidation sites excluding steroid dienone is 1. The van der Waals surface area contributed by atoms with E-state index in [-0.39, 0.29) is 39.9 Å². The average Bonchev–Trinajstić information content (AvgIpc) is 2.78. The predicted octanol–water partition coefficient (Wildman–Crippen LogP) is 4.51. The van der Waals surface area contributed by atoms with Crippen LogP contribution in [0.2, 0.25) is 0 Å². The maximum Gasteiger partial charge on any atom is 0.310 e. The Labute approximate surface area is 215 Å². The number of carboxylic acids is 1. The number of aliphatic hydroxyl groups excluding tert-OH is 1. The van der Waals surface area contributed by atoms with E-state index in [1.54, 1.807) is 0 Å². The van der Waals surface area contributed by atoms with Gasteiger partial charge in [-0.15, -0.1) is 0 Å². The van der Waals surface area contributed by atoms with Crippen LogP contribution in [0.15, 0.2) is 11.6 Å². The zero-order valence-corrected chi connectivity index (χ0v) is 22.9. The molecule has 7 aliphatic rings. The third kappa shape index (κ3) is 2.48. The van der Waals surface area contributed by atoms with Gasteiger partial charge in [0, 0.05) is 16.7 Å². The predicted molar refractivity (Wildman–Crippen MR) is 135 cm³/mol. The molecule has 0 aromatic carbocycles. The van der Waals surface area contributed by atoms with Crippen molar-refractivity contribution in [1.82, 2.24) is 0 Å². The SMILES string of the molecule is C[C@@H]1CC[C@]2(C(=O)O)CC[C@]3(C)C(=CC[C@@H]4[C@@]56CO[C@@](O)([C@H](O)C5)C(C)(C)[C@@H]6CC[C@@]43C)[C@H]2[C@]1(C)O. The van der Waals surface area contributed by atoms with Gasteiger partial charge in [-0.1, -0.05) is 46.3 Å². The summed E-state index contributed by atoms with van der Waals surface area (Å²) in [4.78, 5) is 12.9. The lowest BCUT2D eigenvalue weighted by atomic mass is 9.32. The van der Waals surface area contributed by atoms with Crippen molar-refractivity contribution >= 4 is 5.97 Å². The highest BCUT2D eigenvalue weighted by Gasteiger charge is 2.77. The normalized spacial score (nSPS) is 59.1. The Morgan fingerprint density at radius 3 is 2.33 bits per heavy atom. The molecule has 0 radical (unpaired) electrons. The zero-order chi connectivity index (χ0) is 26.3. The number of fused-ring (bicyclic) bond motifs is 7. The standard InChI is InChI=1S/C30H46O6/c1-17-9-12-28(23(32)33)14-13-25(4)18(22(28)27(17,6)34)7-8-20-26(25,5)11-10-19-24(2,3)30(35)21(31)15-29(19,20)16-36-30/h7,17,19-22,31,34-35H,8-16H2,1-6H3,(H,32,33)/t17-,19+,20+,21-,22+,25-,26+,27-,28+,29-,30+/m1/s1. The van der Waals surface area contributed by atoms with E-state index in [4.69, 9.17) is 4.74 Å². The number of carbonyl (C=O) groups is 1. The number of ether oxygens (including phenoxy) is 1. The van der Waals surface area contributed by atoms with Crippen LogP contribution in [0.25, 0.3) is 0 Å². The molecule has 6 heteroatoms. The average molecular weight is 503 g/mol. The Kier molecular flexibility index (Phi) is 4.90. The molecule has 4 saturated carbocycles. The van der Waals surface area contributed by atoms with Crippen LogP contribution in [-0.4, -0.2) is 50.5 Å². The molecule has 0 unspecified atom stereocenters. The molecule has 0 aromatic rings.